The van der Waals surface area contributed by atoms with Gasteiger partial charge in [0.2, 0.25) is 5.91 Å². The largest absolute Gasteiger partial charge is 0.467 e. The zero-order valence-corrected chi connectivity index (χ0v) is 20.7. The van der Waals surface area contributed by atoms with Gasteiger partial charge in [-0.3, -0.25) is 9.59 Å². The highest BCUT2D eigenvalue weighted by Gasteiger charge is 2.25. The number of hydrogen-bond acceptors (Lipinski definition) is 4. The maximum Gasteiger partial charge on any atom is 0.256 e. The minimum atomic E-state index is -0.101. The first kappa shape index (κ1) is 24.9. The fourth-order valence-electron chi connectivity index (χ4n) is 4.24. The van der Waals surface area contributed by atoms with Crippen molar-refractivity contribution in [2.45, 2.75) is 72.8 Å². The molecule has 33 heavy (non-hydrogen) atoms. The molecular formula is C27H39N3O3. The summed E-state index contributed by atoms with van der Waals surface area (Å²) in [7, 11) is 0. The summed E-state index contributed by atoms with van der Waals surface area (Å²) in [5.74, 6) is 0.868. The molecule has 2 heterocycles. The molecule has 0 bridgehead atoms. The van der Waals surface area contributed by atoms with Crippen LogP contribution >= 0.6 is 0 Å². The molecule has 0 radical (unpaired) electrons. The lowest BCUT2D eigenvalue weighted by Gasteiger charge is -2.31. The quantitative estimate of drug-likeness (QED) is 0.499. The van der Waals surface area contributed by atoms with Crippen LogP contribution in [0.2, 0.25) is 0 Å². The molecule has 2 aromatic rings. The Bertz CT molecular complexity index is 909. The third-order valence-corrected chi connectivity index (χ3v) is 5.89. The number of hydrogen-bond donors (Lipinski definition) is 1. The Morgan fingerprint density at radius 2 is 1.88 bits per heavy atom. The standard InChI is InChI=1S/C27H39N3O3/c1-5-6-14-30(20-22-11-10-17-33-22)24-13-12-21(28-25(31)19-27(2,3)4)18-23(24)26(32)29-15-8-7-9-16-29/h10-13,17-18H,5-9,14-16,19-20H2,1-4H3,(H,28,31). The number of carbonyl (C=O) groups is 2. The third kappa shape index (κ3) is 7.37. The van der Waals surface area contributed by atoms with Crippen LogP contribution in [0.3, 0.4) is 0 Å². The Morgan fingerprint density at radius 3 is 2.52 bits per heavy atom. The predicted molar refractivity (Wildman–Crippen MR) is 134 cm³/mol. The van der Waals surface area contributed by atoms with Crippen molar-refractivity contribution in [2.24, 2.45) is 5.41 Å². The van der Waals surface area contributed by atoms with Crippen molar-refractivity contribution in [3.8, 4) is 0 Å². The van der Waals surface area contributed by atoms with Crippen molar-refractivity contribution in [1.29, 1.82) is 0 Å². The van der Waals surface area contributed by atoms with Gasteiger partial charge in [-0.05, 0) is 61.4 Å². The molecule has 1 fully saturated rings. The predicted octanol–water partition coefficient (Wildman–Crippen LogP) is 6.09. The van der Waals surface area contributed by atoms with Crippen LogP contribution < -0.4 is 10.2 Å². The summed E-state index contributed by atoms with van der Waals surface area (Å²) in [6.45, 7) is 11.3. The number of anilines is 2. The second-order valence-corrected chi connectivity index (χ2v) is 10.2. The maximum absolute atomic E-state index is 13.6. The van der Waals surface area contributed by atoms with Gasteiger partial charge in [0.1, 0.15) is 5.76 Å². The van der Waals surface area contributed by atoms with Gasteiger partial charge in [-0.2, -0.15) is 0 Å². The summed E-state index contributed by atoms with van der Waals surface area (Å²) in [6, 6.07) is 9.59. The lowest BCUT2D eigenvalue weighted by atomic mass is 9.92. The SMILES string of the molecule is CCCCN(Cc1ccco1)c1ccc(NC(=O)CC(C)(C)C)cc1C(=O)N1CCCCC1. The Balaban J connectivity index is 1.93. The van der Waals surface area contributed by atoms with E-state index < -0.39 is 0 Å². The van der Waals surface area contributed by atoms with Crippen LogP contribution in [0.25, 0.3) is 0 Å². The van der Waals surface area contributed by atoms with Gasteiger partial charge < -0.3 is 19.5 Å². The van der Waals surface area contributed by atoms with Crippen molar-refractivity contribution in [3.63, 3.8) is 0 Å². The molecule has 1 saturated heterocycles. The lowest BCUT2D eigenvalue weighted by Crippen LogP contribution is -2.37. The zero-order valence-electron chi connectivity index (χ0n) is 20.7. The molecule has 3 rings (SSSR count). The first-order valence-corrected chi connectivity index (χ1v) is 12.3. The second-order valence-electron chi connectivity index (χ2n) is 10.2. The van der Waals surface area contributed by atoms with E-state index >= 15 is 0 Å². The fraction of sp³-hybridized carbons (Fsp3) is 0.556. The Labute approximate surface area is 198 Å². The van der Waals surface area contributed by atoms with Crippen molar-refractivity contribution in [2.75, 3.05) is 29.9 Å². The number of amides is 2. The van der Waals surface area contributed by atoms with Crippen LogP contribution in [0.15, 0.2) is 41.0 Å². The molecule has 180 valence electrons. The van der Waals surface area contributed by atoms with Gasteiger partial charge in [0.15, 0.2) is 0 Å². The Hall–Kier alpha value is -2.76. The lowest BCUT2D eigenvalue weighted by molar-refractivity contribution is -0.117. The topological polar surface area (TPSA) is 65.8 Å². The zero-order chi connectivity index (χ0) is 23.8. The Morgan fingerprint density at radius 1 is 1.12 bits per heavy atom. The van der Waals surface area contributed by atoms with Crippen molar-refractivity contribution >= 4 is 23.2 Å². The molecule has 0 spiro atoms. The first-order chi connectivity index (χ1) is 15.8. The van der Waals surface area contributed by atoms with Crippen LogP contribution in [-0.2, 0) is 11.3 Å². The van der Waals surface area contributed by atoms with Crippen LogP contribution in [0.1, 0.15) is 82.3 Å². The van der Waals surface area contributed by atoms with Gasteiger partial charge in [0, 0.05) is 31.7 Å². The van der Waals surface area contributed by atoms with Gasteiger partial charge in [-0.1, -0.05) is 34.1 Å². The average Bonchev–Trinajstić information content (AvgIpc) is 3.28. The number of unbranched alkanes of at least 4 members (excludes halogenated alkanes) is 1. The first-order valence-electron chi connectivity index (χ1n) is 12.3. The highest BCUT2D eigenvalue weighted by Crippen LogP contribution is 2.29. The van der Waals surface area contributed by atoms with E-state index in [2.05, 4.69) is 17.1 Å². The van der Waals surface area contributed by atoms with Gasteiger partial charge in [-0.25, -0.2) is 0 Å². The molecule has 6 nitrogen and oxygen atoms in total. The third-order valence-electron chi connectivity index (χ3n) is 5.89. The number of nitrogens with zero attached hydrogens (tertiary/aromatic N) is 2. The van der Waals surface area contributed by atoms with E-state index in [9.17, 15) is 9.59 Å². The van der Waals surface area contributed by atoms with E-state index in [1.54, 1.807) is 6.26 Å². The summed E-state index contributed by atoms with van der Waals surface area (Å²) in [5.41, 5.74) is 2.11. The normalized spacial score (nSPS) is 14.2. The minimum absolute atomic E-state index is 0.0370. The number of furan rings is 1. The van der Waals surface area contributed by atoms with Gasteiger partial charge in [0.05, 0.1) is 24.1 Å². The van der Waals surface area contributed by atoms with Crippen molar-refractivity contribution in [1.82, 2.24) is 4.90 Å². The maximum atomic E-state index is 13.6. The van der Waals surface area contributed by atoms with Gasteiger partial charge in [0.25, 0.3) is 5.91 Å². The molecule has 0 saturated carbocycles. The summed E-state index contributed by atoms with van der Waals surface area (Å²) < 4.78 is 5.61. The minimum Gasteiger partial charge on any atom is -0.467 e. The molecule has 2 amide bonds. The summed E-state index contributed by atoms with van der Waals surface area (Å²) in [6.07, 6.45) is 7.42. The van der Waals surface area contributed by atoms with Crippen LogP contribution in [0.4, 0.5) is 11.4 Å². The number of carbonyl (C=O) groups excluding carboxylic acids is 2. The molecule has 1 aliphatic heterocycles. The summed E-state index contributed by atoms with van der Waals surface area (Å²) >= 11 is 0. The van der Waals surface area contributed by atoms with Gasteiger partial charge in [-0.15, -0.1) is 0 Å². The molecule has 1 aliphatic rings. The Kier molecular flexibility index (Phi) is 8.59. The number of rotatable bonds is 9. The fourth-order valence-corrected chi connectivity index (χ4v) is 4.24. The molecule has 1 aromatic heterocycles. The summed E-state index contributed by atoms with van der Waals surface area (Å²) in [5, 5.41) is 3.00. The van der Waals surface area contributed by atoms with E-state index in [0.717, 1.165) is 56.8 Å². The molecule has 0 atom stereocenters. The molecule has 0 aliphatic carbocycles. The number of nitrogens with one attached hydrogen (secondary N) is 1. The highest BCUT2D eigenvalue weighted by molar-refractivity contribution is 6.02. The highest BCUT2D eigenvalue weighted by atomic mass is 16.3. The van der Waals surface area contributed by atoms with Crippen LogP contribution in [0, 0.1) is 5.41 Å². The molecule has 1 N–H and O–H groups in total. The van der Waals surface area contributed by atoms with E-state index in [4.69, 9.17) is 4.42 Å². The van der Waals surface area contributed by atoms with Crippen molar-refractivity contribution in [3.05, 3.63) is 47.9 Å². The average molecular weight is 454 g/mol. The number of likely N-dealkylation sites (tertiary alicyclic amines) is 1. The van der Waals surface area contributed by atoms with E-state index in [1.807, 2.05) is 56.0 Å². The van der Waals surface area contributed by atoms with Crippen molar-refractivity contribution < 1.29 is 14.0 Å². The number of piperidine rings is 1. The smallest absolute Gasteiger partial charge is 0.256 e. The molecular weight excluding hydrogens is 414 g/mol. The van der Waals surface area contributed by atoms with Crippen LogP contribution in [-0.4, -0.2) is 36.3 Å². The number of benzene rings is 1. The van der Waals surface area contributed by atoms with Crippen LogP contribution in [0.5, 0.6) is 0 Å². The molecule has 1 aromatic carbocycles. The van der Waals surface area contributed by atoms with E-state index in [1.165, 1.54) is 6.42 Å². The summed E-state index contributed by atoms with van der Waals surface area (Å²) in [4.78, 5) is 30.4. The van der Waals surface area contributed by atoms with E-state index in [-0.39, 0.29) is 17.2 Å². The molecule has 6 heteroatoms. The molecule has 0 unspecified atom stereocenters. The van der Waals surface area contributed by atoms with Gasteiger partial charge >= 0.3 is 0 Å². The van der Waals surface area contributed by atoms with E-state index in [0.29, 0.717) is 24.2 Å². The second kappa shape index (κ2) is 11.4. The monoisotopic (exact) mass is 453 g/mol.